The molecule has 0 aromatic heterocycles. The number of hydrogen-bond acceptors (Lipinski definition) is 25. The summed E-state index contributed by atoms with van der Waals surface area (Å²) >= 11 is 0. The predicted octanol–water partition coefficient (Wildman–Crippen LogP) is 26.6. The van der Waals surface area contributed by atoms with Gasteiger partial charge >= 0.3 is 0 Å². The Hall–Kier alpha value is -14.2. The highest BCUT2D eigenvalue weighted by Crippen LogP contribution is 2.56. The molecule has 0 bridgehead atoms. The molecule has 146 heavy (non-hydrogen) atoms. The molecule has 12 aliphatic heterocycles. The van der Waals surface area contributed by atoms with Crippen LogP contribution in [0.4, 0.5) is 0 Å². The average Bonchev–Trinajstić information content (AvgIpc) is 1.61. The maximum absolute atomic E-state index is 5.77. The van der Waals surface area contributed by atoms with Crippen LogP contribution >= 0.6 is 0 Å². The number of nitrogens with two attached hydrogens (primary N) is 1. The molecule has 12 aliphatic carbocycles. The first kappa shape index (κ1) is 92.9. The molecule has 0 unspecified atom stereocenters. The molecule has 25 heteroatoms. The SMILES string of the molecule is NCC1(c2ccc3c(c2)OCO3)CC1.c1cc2c(cc1C1CC1)OCO2.c1cc2c(cc1C1CC1)OCO2.c1cc2c(cc1C1CC1)OCO2.c1cc2c(cc1C1CC1)OCO2.c1cc2c(cc1C1CC1)OCO2.c1cc2c(cc1C1CC1)OCO2.c1cc2c(cc1C1CC1)OCO2.c1cc2c(cc1C1CC1)OCO2.c1cc2c(cc1C1CC1)OCO2.c1cc2c(cc1C1CC1)OCO2.c1cc2c(cc1C1CC1)OCO2. The van der Waals surface area contributed by atoms with Crippen molar-refractivity contribution < 1.29 is 114 Å². The summed E-state index contributed by atoms with van der Waals surface area (Å²) in [6.07, 6.45) is 31.7. The molecule has 12 heterocycles. The lowest BCUT2D eigenvalue weighted by atomic mass is 9.96. The Bertz CT molecular complexity index is 5450. The fraction of sp³-hybridized carbons (Fsp3) is 0.405. The Balaban J connectivity index is 0.0000000831. The van der Waals surface area contributed by atoms with E-state index >= 15 is 0 Å². The summed E-state index contributed by atoms with van der Waals surface area (Å²) in [6, 6.07) is 75.1. The van der Waals surface area contributed by atoms with E-state index in [1.807, 2.05) is 72.8 Å². The van der Waals surface area contributed by atoms with E-state index in [4.69, 9.17) is 119 Å². The summed E-state index contributed by atoms with van der Waals surface area (Å²) in [5.41, 5.74) is 22.7. The third-order valence-electron chi connectivity index (χ3n) is 30.1. The molecule has 0 atom stereocenters. The minimum absolute atomic E-state index is 0.237. The summed E-state index contributed by atoms with van der Waals surface area (Å²) < 4.78 is 126. The molecule has 0 radical (unpaired) electrons. The number of benzene rings is 12. The lowest BCUT2D eigenvalue weighted by Crippen LogP contribution is -2.19. The second-order valence-electron chi connectivity index (χ2n) is 41.3. The van der Waals surface area contributed by atoms with Crippen LogP contribution in [0.15, 0.2) is 218 Å². The van der Waals surface area contributed by atoms with Crippen molar-refractivity contribution in [2.75, 3.05) is 88.1 Å². The molecule has 0 amide bonds. The topological polar surface area (TPSA) is 248 Å². The van der Waals surface area contributed by atoms with Crippen LogP contribution in [0.25, 0.3) is 0 Å². The summed E-state index contributed by atoms with van der Waals surface area (Å²) in [7, 11) is 0. The molecule has 756 valence electrons. The Morgan fingerprint density at radius 3 is 0.363 bits per heavy atom. The standard InChI is InChI=1S/C11H13NO2.11C10H10O2/c12-6-11(3-4-11)8-1-2-9-10(5-8)14-7-13-9;11*1-2-7(1)8-3-4-9-10(5-8)12-6-11-9/h1-2,5H,3-4,6-7,12H2;11*3-5,7H,1-2,6H2. The zero-order valence-corrected chi connectivity index (χ0v) is 82.2. The lowest BCUT2D eigenvalue weighted by molar-refractivity contribution is 0.173. The summed E-state index contributed by atoms with van der Waals surface area (Å²) in [5, 5.41) is 0. The smallest absolute Gasteiger partial charge is 0.231 e. The first-order valence-corrected chi connectivity index (χ1v) is 52.6. The van der Waals surface area contributed by atoms with Gasteiger partial charge in [0.05, 0.1) is 0 Å². The number of hydrogen-bond donors (Lipinski definition) is 1. The highest BCUT2D eigenvalue weighted by Gasteiger charge is 2.44. The number of fused-ring (bicyclic) bond motifs is 12. The maximum atomic E-state index is 5.77. The van der Waals surface area contributed by atoms with Gasteiger partial charge in [-0.15, -0.1) is 0 Å². The molecule has 12 fully saturated rings. The molecule has 0 saturated heterocycles. The van der Waals surface area contributed by atoms with Crippen LogP contribution in [-0.4, -0.2) is 88.1 Å². The van der Waals surface area contributed by atoms with E-state index in [1.54, 1.807) is 0 Å². The van der Waals surface area contributed by atoms with E-state index < -0.39 is 0 Å². The van der Waals surface area contributed by atoms with Gasteiger partial charge in [0.25, 0.3) is 0 Å². The monoisotopic (exact) mass is 1970 g/mol. The van der Waals surface area contributed by atoms with Crippen LogP contribution in [0.2, 0.25) is 0 Å². The van der Waals surface area contributed by atoms with E-state index in [2.05, 4.69) is 146 Å². The largest absolute Gasteiger partial charge is 0.454 e. The molecular weight excluding hydrogens is 1850 g/mol. The van der Waals surface area contributed by atoms with Gasteiger partial charge in [0, 0.05) is 12.0 Å². The van der Waals surface area contributed by atoms with Crippen LogP contribution in [0, 0.1) is 0 Å². The second-order valence-corrected chi connectivity index (χ2v) is 41.3. The Morgan fingerprint density at radius 1 is 0.144 bits per heavy atom. The van der Waals surface area contributed by atoms with Gasteiger partial charge in [0.2, 0.25) is 81.5 Å². The third kappa shape index (κ3) is 23.2. The third-order valence-corrected chi connectivity index (χ3v) is 30.1. The van der Waals surface area contributed by atoms with E-state index in [0.29, 0.717) is 81.5 Å². The first-order valence-electron chi connectivity index (χ1n) is 52.6. The van der Waals surface area contributed by atoms with Crippen molar-refractivity contribution in [2.45, 2.75) is 225 Å². The lowest BCUT2D eigenvalue weighted by Gasteiger charge is -2.12. The van der Waals surface area contributed by atoms with Crippen molar-refractivity contribution >= 4 is 0 Å². The maximum Gasteiger partial charge on any atom is 0.231 e. The molecule has 0 spiro atoms. The van der Waals surface area contributed by atoms with E-state index in [-0.39, 0.29) is 5.41 Å². The van der Waals surface area contributed by atoms with Gasteiger partial charge in [0.15, 0.2) is 138 Å². The van der Waals surface area contributed by atoms with Crippen LogP contribution in [0.3, 0.4) is 0 Å². The molecule has 12 aromatic carbocycles. The normalized spacial score (nSPS) is 19.8. The van der Waals surface area contributed by atoms with E-state index in [0.717, 1.165) is 210 Å². The Morgan fingerprint density at radius 2 is 0.253 bits per heavy atom. The van der Waals surface area contributed by atoms with Crippen molar-refractivity contribution in [3.05, 3.63) is 285 Å². The summed E-state index contributed by atoms with van der Waals surface area (Å²) in [4.78, 5) is 0. The van der Waals surface area contributed by atoms with Crippen molar-refractivity contribution in [2.24, 2.45) is 5.73 Å². The first-order chi connectivity index (χ1) is 72.1. The van der Waals surface area contributed by atoms with Crippen LogP contribution in [0.5, 0.6) is 138 Å². The predicted molar refractivity (Wildman–Crippen MR) is 542 cm³/mol. The van der Waals surface area contributed by atoms with Crippen LogP contribution in [-0.2, 0) is 5.41 Å². The number of rotatable bonds is 13. The zero-order valence-electron chi connectivity index (χ0n) is 82.2. The fourth-order valence-corrected chi connectivity index (χ4v) is 19.4. The van der Waals surface area contributed by atoms with Gasteiger partial charge in [0.1, 0.15) is 0 Å². The summed E-state index contributed by atoms with van der Waals surface area (Å²) in [5.74, 6) is 30.3. The van der Waals surface area contributed by atoms with Gasteiger partial charge in [-0.1, -0.05) is 72.8 Å². The van der Waals surface area contributed by atoms with Gasteiger partial charge in [-0.05, 0) is 432 Å². The average molecular weight is 1980 g/mol. The van der Waals surface area contributed by atoms with Crippen molar-refractivity contribution in [1.82, 2.24) is 0 Å². The number of ether oxygens (including phenoxy) is 24. The quantitative estimate of drug-likeness (QED) is 0.113. The van der Waals surface area contributed by atoms with Crippen molar-refractivity contribution in [3.63, 3.8) is 0 Å². The minimum atomic E-state index is 0.237. The molecule has 12 aromatic rings. The van der Waals surface area contributed by atoms with E-state index in [9.17, 15) is 0 Å². The van der Waals surface area contributed by atoms with Gasteiger partial charge in [-0.3, -0.25) is 0 Å². The van der Waals surface area contributed by atoms with Gasteiger partial charge in [-0.2, -0.15) is 0 Å². The molecular formula is C121H123NO24. The van der Waals surface area contributed by atoms with Crippen molar-refractivity contribution in [1.29, 1.82) is 0 Å². The zero-order chi connectivity index (χ0) is 97.2. The van der Waals surface area contributed by atoms with Crippen LogP contribution in [0.1, 0.15) is 286 Å². The Labute approximate surface area is 850 Å². The minimum Gasteiger partial charge on any atom is -0.454 e. The molecule has 25 nitrogen and oxygen atoms in total. The van der Waals surface area contributed by atoms with Crippen LogP contribution < -0.4 is 119 Å². The molecule has 24 aliphatic rings. The molecule has 2 N–H and O–H groups in total. The van der Waals surface area contributed by atoms with Gasteiger partial charge < -0.3 is 119 Å². The highest BCUT2D eigenvalue weighted by atomic mass is 16.7. The molecule has 36 rings (SSSR count). The Kier molecular flexibility index (Phi) is 26.6. The highest BCUT2D eigenvalue weighted by molar-refractivity contribution is 5.56. The fourth-order valence-electron chi connectivity index (χ4n) is 19.4. The van der Waals surface area contributed by atoms with Gasteiger partial charge in [-0.25, -0.2) is 0 Å². The second kappa shape index (κ2) is 41.7. The van der Waals surface area contributed by atoms with Crippen molar-refractivity contribution in [3.8, 4) is 138 Å². The molecule has 12 saturated carbocycles. The van der Waals surface area contributed by atoms with E-state index in [1.165, 1.54) is 221 Å². The summed E-state index contributed by atoms with van der Waals surface area (Å²) in [6.45, 7) is 5.23.